The third-order valence-corrected chi connectivity index (χ3v) is 5.58. The number of hydrogen-bond donors (Lipinski definition) is 2. The van der Waals surface area contributed by atoms with Crippen molar-refractivity contribution in [1.82, 2.24) is 10.2 Å². The van der Waals surface area contributed by atoms with Gasteiger partial charge in [-0.2, -0.15) is 0 Å². The van der Waals surface area contributed by atoms with Crippen molar-refractivity contribution in [2.75, 3.05) is 13.7 Å². The Hall–Kier alpha value is -2.86. The maximum Gasteiger partial charge on any atom is 0.335 e. The van der Waals surface area contributed by atoms with Crippen LogP contribution in [-0.2, 0) is 0 Å². The zero-order valence-corrected chi connectivity index (χ0v) is 15.8. The van der Waals surface area contributed by atoms with Gasteiger partial charge in [0.2, 0.25) is 0 Å². The van der Waals surface area contributed by atoms with Gasteiger partial charge in [-0.05, 0) is 55.2 Å². The molecule has 1 heterocycles. The lowest BCUT2D eigenvalue weighted by molar-refractivity contribution is 0.0697. The Labute approximate surface area is 164 Å². The van der Waals surface area contributed by atoms with Gasteiger partial charge >= 0.3 is 5.97 Å². The van der Waals surface area contributed by atoms with Gasteiger partial charge < -0.3 is 15.2 Å². The van der Waals surface area contributed by atoms with Crippen LogP contribution in [0.3, 0.4) is 0 Å². The van der Waals surface area contributed by atoms with Gasteiger partial charge in [0.05, 0.1) is 24.8 Å². The van der Waals surface area contributed by atoms with E-state index in [-0.39, 0.29) is 23.6 Å². The summed E-state index contributed by atoms with van der Waals surface area (Å²) in [5, 5.41) is 12.3. The molecule has 0 aromatic heterocycles. The van der Waals surface area contributed by atoms with Gasteiger partial charge in [0, 0.05) is 18.2 Å². The van der Waals surface area contributed by atoms with Crippen LogP contribution in [0.5, 0.6) is 5.75 Å². The number of carbonyl (C=O) groups is 2. The Morgan fingerprint density at radius 3 is 2.54 bits per heavy atom. The zero-order chi connectivity index (χ0) is 19.7. The van der Waals surface area contributed by atoms with Crippen molar-refractivity contribution in [2.45, 2.75) is 37.4 Å². The van der Waals surface area contributed by atoms with E-state index < -0.39 is 5.97 Å². The molecule has 1 saturated carbocycles. The first kappa shape index (κ1) is 18.5. The maximum absolute atomic E-state index is 12.8. The van der Waals surface area contributed by atoms with Crippen molar-refractivity contribution in [1.29, 1.82) is 0 Å². The van der Waals surface area contributed by atoms with E-state index in [4.69, 9.17) is 9.84 Å². The number of carboxylic acids is 1. The fourth-order valence-electron chi connectivity index (χ4n) is 4.08. The van der Waals surface area contributed by atoms with Gasteiger partial charge in [-0.15, -0.1) is 0 Å². The summed E-state index contributed by atoms with van der Waals surface area (Å²) in [6.07, 6.45) is 3.26. The minimum atomic E-state index is -1.04. The first-order valence-electron chi connectivity index (χ1n) is 9.61. The lowest BCUT2D eigenvalue weighted by atomic mass is 9.99. The third-order valence-electron chi connectivity index (χ3n) is 5.58. The van der Waals surface area contributed by atoms with E-state index in [9.17, 15) is 9.59 Å². The number of carboxylic acid groups (broad SMARTS) is 1. The second-order valence-electron chi connectivity index (χ2n) is 7.45. The van der Waals surface area contributed by atoms with Crippen LogP contribution in [-0.4, -0.2) is 47.6 Å². The molecule has 4 rings (SSSR count). The molecule has 0 radical (unpaired) electrons. The normalized spacial score (nSPS) is 22.0. The van der Waals surface area contributed by atoms with Gasteiger partial charge in [0.25, 0.3) is 5.91 Å². The molecule has 28 heavy (non-hydrogen) atoms. The van der Waals surface area contributed by atoms with Crippen molar-refractivity contribution < 1.29 is 19.4 Å². The molecule has 2 unspecified atom stereocenters. The number of benzene rings is 2. The molecule has 0 spiro atoms. The molecule has 6 heteroatoms. The Bertz CT molecular complexity index is 894. The van der Waals surface area contributed by atoms with Crippen LogP contribution in [0.15, 0.2) is 48.5 Å². The summed E-state index contributed by atoms with van der Waals surface area (Å²) in [5.41, 5.74) is 1.62. The Morgan fingerprint density at radius 1 is 1.07 bits per heavy atom. The predicted molar refractivity (Wildman–Crippen MR) is 105 cm³/mol. The first-order valence-corrected chi connectivity index (χ1v) is 9.61. The van der Waals surface area contributed by atoms with Crippen molar-refractivity contribution in [3.63, 3.8) is 0 Å². The Kier molecular flexibility index (Phi) is 5.05. The molecule has 1 saturated heterocycles. The number of nitrogens with zero attached hydrogens (tertiary/aromatic N) is 1. The number of nitrogens with one attached hydrogen (secondary N) is 1. The molecule has 146 valence electrons. The van der Waals surface area contributed by atoms with E-state index in [1.165, 1.54) is 25.0 Å². The number of aromatic carboxylic acids is 1. The molecule has 2 aromatic rings. The van der Waals surface area contributed by atoms with Crippen LogP contribution in [0.2, 0.25) is 0 Å². The van der Waals surface area contributed by atoms with E-state index in [0.29, 0.717) is 11.6 Å². The molecule has 2 fully saturated rings. The van der Waals surface area contributed by atoms with Crippen LogP contribution in [0.1, 0.15) is 51.6 Å². The summed E-state index contributed by atoms with van der Waals surface area (Å²) in [6, 6.07) is 14.8. The highest BCUT2D eigenvalue weighted by molar-refractivity contribution is 5.97. The van der Waals surface area contributed by atoms with Crippen molar-refractivity contribution >= 4 is 11.9 Å². The summed E-state index contributed by atoms with van der Waals surface area (Å²) in [7, 11) is 1.65. The Balaban J connectivity index is 1.57. The lowest BCUT2D eigenvalue weighted by Gasteiger charge is -2.29. The fraction of sp³-hybridized carbons (Fsp3) is 0.364. The highest BCUT2D eigenvalue weighted by Crippen LogP contribution is 2.41. The van der Waals surface area contributed by atoms with Crippen LogP contribution in [0.4, 0.5) is 0 Å². The second-order valence-corrected chi connectivity index (χ2v) is 7.45. The number of amides is 1. The minimum absolute atomic E-state index is 0.0336. The van der Waals surface area contributed by atoms with Crippen LogP contribution in [0.25, 0.3) is 0 Å². The molecule has 2 N–H and O–H groups in total. The number of ether oxygens (including phenoxy) is 1. The molecule has 1 aliphatic carbocycles. The van der Waals surface area contributed by atoms with Gasteiger partial charge in [-0.3, -0.25) is 9.69 Å². The monoisotopic (exact) mass is 380 g/mol. The largest absolute Gasteiger partial charge is 0.497 e. The second kappa shape index (κ2) is 7.64. The molecule has 1 aliphatic heterocycles. The van der Waals surface area contributed by atoms with E-state index >= 15 is 0 Å². The van der Waals surface area contributed by atoms with Crippen molar-refractivity contribution in [3.8, 4) is 5.75 Å². The molecule has 1 amide bonds. The number of methoxy groups -OCH3 is 1. The van der Waals surface area contributed by atoms with Crippen LogP contribution in [0, 0.1) is 0 Å². The predicted octanol–water partition coefficient (Wildman–Crippen LogP) is 3.10. The van der Waals surface area contributed by atoms with Gasteiger partial charge in [-0.25, -0.2) is 4.79 Å². The molecular formula is C22H24N2O4. The van der Waals surface area contributed by atoms with Gasteiger partial charge in [-0.1, -0.05) is 18.2 Å². The molecular weight excluding hydrogens is 356 g/mol. The van der Waals surface area contributed by atoms with Gasteiger partial charge in [0.15, 0.2) is 0 Å². The SMILES string of the molecule is COc1cccc(C2C(NC(=O)c3cccc(C(=O)O)c3)CCN2C2CC2)c1. The van der Waals surface area contributed by atoms with E-state index in [0.717, 1.165) is 24.3 Å². The highest BCUT2D eigenvalue weighted by Gasteiger charge is 2.43. The zero-order valence-electron chi connectivity index (χ0n) is 15.8. The smallest absolute Gasteiger partial charge is 0.335 e. The van der Waals surface area contributed by atoms with Crippen molar-refractivity contribution in [3.05, 3.63) is 65.2 Å². The summed E-state index contributed by atoms with van der Waals surface area (Å²) < 4.78 is 5.39. The minimum Gasteiger partial charge on any atom is -0.497 e. The summed E-state index contributed by atoms with van der Waals surface area (Å²) in [5.74, 6) is -0.470. The Morgan fingerprint density at radius 2 is 1.82 bits per heavy atom. The summed E-state index contributed by atoms with van der Waals surface area (Å²) >= 11 is 0. The molecule has 6 nitrogen and oxygen atoms in total. The number of carbonyl (C=O) groups excluding carboxylic acids is 1. The molecule has 2 aliphatic rings. The number of rotatable bonds is 6. The van der Waals surface area contributed by atoms with E-state index in [1.807, 2.05) is 18.2 Å². The number of hydrogen-bond acceptors (Lipinski definition) is 4. The average molecular weight is 380 g/mol. The third kappa shape index (κ3) is 3.73. The topological polar surface area (TPSA) is 78.9 Å². The van der Waals surface area contributed by atoms with E-state index in [2.05, 4.69) is 16.3 Å². The number of likely N-dealkylation sites (tertiary alicyclic amines) is 1. The summed E-state index contributed by atoms with van der Waals surface area (Å²) in [6.45, 7) is 0.937. The molecule has 2 aromatic carbocycles. The van der Waals surface area contributed by atoms with Crippen LogP contribution >= 0.6 is 0 Å². The molecule has 0 bridgehead atoms. The standard InChI is InChI=1S/C22H24N2O4/c1-28-18-7-3-4-14(13-18)20-19(10-11-24(20)17-8-9-17)23-21(25)15-5-2-6-16(12-15)22(26)27/h2-7,12-13,17,19-20H,8-11H2,1H3,(H,23,25)(H,26,27). The summed E-state index contributed by atoms with van der Waals surface area (Å²) in [4.78, 5) is 26.5. The average Bonchev–Trinajstić information content (AvgIpc) is 3.48. The van der Waals surface area contributed by atoms with Crippen molar-refractivity contribution in [2.24, 2.45) is 0 Å². The lowest BCUT2D eigenvalue weighted by Crippen LogP contribution is -2.40. The molecule has 2 atom stereocenters. The quantitative estimate of drug-likeness (QED) is 0.805. The van der Waals surface area contributed by atoms with E-state index in [1.54, 1.807) is 19.2 Å². The maximum atomic E-state index is 12.8. The highest BCUT2D eigenvalue weighted by atomic mass is 16.5. The van der Waals surface area contributed by atoms with Crippen LogP contribution < -0.4 is 10.1 Å². The van der Waals surface area contributed by atoms with Gasteiger partial charge in [0.1, 0.15) is 5.75 Å². The fourth-order valence-corrected chi connectivity index (χ4v) is 4.08. The first-order chi connectivity index (χ1) is 13.6.